The van der Waals surface area contributed by atoms with Gasteiger partial charge in [0.15, 0.2) is 0 Å². The summed E-state index contributed by atoms with van der Waals surface area (Å²) < 4.78 is 0. The summed E-state index contributed by atoms with van der Waals surface area (Å²) in [7, 11) is 1.59. The van der Waals surface area contributed by atoms with Gasteiger partial charge in [0, 0.05) is 7.05 Å². The molecule has 14 heavy (non-hydrogen) atoms. The number of hydrogen-bond acceptors (Lipinski definition) is 6. The average Bonchev–Trinajstić information content (AvgIpc) is 2.27. The van der Waals surface area contributed by atoms with E-state index in [-0.39, 0.29) is 19.2 Å². The van der Waals surface area contributed by atoms with Crippen molar-refractivity contribution in [3.63, 3.8) is 0 Å². The summed E-state index contributed by atoms with van der Waals surface area (Å²) >= 11 is 0. The van der Waals surface area contributed by atoms with Crippen LogP contribution in [0.3, 0.4) is 0 Å². The molecule has 0 spiro atoms. The normalized spacial score (nSPS) is 28.7. The predicted octanol–water partition coefficient (Wildman–Crippen LogP) is -2.62. The van der Waals surface area contributed by atoms with Crippen LogP contribution in [0, 0.1) is 0 Å². The summed E-state index contributed by atoms with van der Waals surface area (Å²) in [6.45, 7) is 0.214. The van der Waals surface area contributed by atoms with Gasteiger partial charge in [-0.15, -0.1) is 0 Å². The van der Waals surface area contributed by atoms with Gasteiger partial charge in [0.1, 0.15) is 25.2 Å². The lowest BCUT2D eigenvalue weighted by Gasteiger charge is -2.21. The number of amides is 1. The molecule has 0 radical (unpaired) electrons. The molecular weight excluding hydrogens is 188 g/mol. The third-order valence-corrected chi connectivity index (χ3v) is 1.90. The second-order valence-corrected chi connectivity index (χ2v) is 3.01. The average molecular weight is 202 g/mol. The fourth-order valence-electron chi connectivity index (χ4n) is 1.14. The van der Waals surface area contributed by atoms with Gasteiger partial charge in [-0.1, -0.05) is 0 Å². The van der Waals surface area contributed by atoms with Crippen LogP contribution in [-0.4, -0.2) is 49.6 Å². The molecule has 2 atom stereocenters. The Balaban J connectivity index is 2.63. The minimum Gasteiger partial charge on any atom is -0.319 e. The Morgan fingerprint density at radius 2 is 2.57 bits per heavy atom. The van der Waals surface area contributed by atoms with E-state index in [4.69, 9.17) is 10.6 Å². The molecular formula is C7H14N4O3. The first-order valence-electron chi connectivity index (χ1n) is 4.21. The highest BCUT2D eigenvalue weighted by atomic mass is 16.7. The van der Waals surface area contributed by atoms with Crippen LogP contribution in [0.2, 0.25) is 0 Å². The lowest BCUT2D eigenvalue weighted by Crippen LogP contribution is -2.57. The van der Waals surface area contributed by atoms with Crippen molar-refractivity contribution in [2.24, 2.45) is 5.73 Å². The number of rotatable bonds is 3. The summed E-state index contributed by atoms with van der Waals surface area (Å²) in [5.74, 6) is -0.204. The second kappa shape index (κ2) is 5.01. The number of carbonyl (C=O) groups excluding carboxylic acids is 2. The number of likely N-dealkylation sites (N-methyl/N-ethyl adjacent to an activating group) is 1. The van der Waals surface area contributed by atoms with Crippen LogP contribution >= 0.6 is 0 Å². The second-order valence-electron chi connectivity index (χ2n) is 3.01. The molecule has 7 nitrogen and oxygen atoms in total. The van der Waals surface area contributed by atoms with Gasteiger partial charge in [-0.25, -0.2) is 0 Å². The van der Waals surface area contributed by atoms with Crippen molar-refractivity contribution in [1.29, 1.82) is 0 Å². The molecule has 0 bridgehead atoms. The van der Waals surface area contributed by atoms with Crippen LogP contribution < -0.4 is 16.5 Å². The van der Waals surface area contributed by atoms with E-state index in [0.717, 1.165) is 0 Å². The van der Waals surface area contributed by atoms with Crippen LogP contribution in [0.4, 0.5) is 0 Å². The Hall–Kier alpha value is -1.02. The molecule has 1 heterocycles. The Labute approximate surface area is 81.5 Å². The van der Waals surface area contributed by atoms with Crippen LogP contribution in [0.25, 0.3) is 0 Å². The molecule has 2 unspecified atom stereocenters. The molecule has 80 valence electrons. The maximum absolute atomic E-state index is 11.6. The van der Waals surface area contributed by atoms with Crippen molar-refractivity contribution in [3.05, 3.63) is 0 Å². The van der Waals surface area contributed by atoms with Crippen LogP contribution in [0.5, 0.6) is 0 Å². The molecule has 1 rings (SSSR count). The molecule has 1 fully saturated rings. The first-order chi connectivity index (χ1) is 6.66. The van der Waals surface area contributed by atoms with Crippen molar-refractivity contribution in [2.45, 2.75) is 12.2 Å². The molecule has 7 heteroatoms. The molecule has 1 aliphatic rings. The summed E-state index contributed by atoms with van der Waals surface area (Å²) in [5, 5.41) is 2.71. The maximum Gasteiger partial charge on any atom is 0.244 e. The van der Waals surface area contributed by atoms with E-state index >= 15 is 0 Å². The minimum absolute atomic E-state index is 0.0830. The number of nitrogens with one attached hydrogen (secondary N) is 2. The van der Waals surface area contributed by atoms with Gasteiger partial charge in [-0.2, -0.15) is 5.48 Å². The maximum atomic E-state index is 11.6. The van der Waals surface area contributed by atoms with Gasteiger partial charge in [-0.3, -0.25) is 14.9 Å². The van der Waals surface area contributed by atoms with Gasteiger partial charge in [0.25, 0.3) is 0 Å². The predicted molar refractivity (Wildman–Crippen MR) is 47.7 cm³/mol. The van der Waals surface area contributed by atoms with E-state index in [9.17, 15) is 9.59 Å². The van der Waals surface area contributed by atoms with Crippen molar-refractivity contribution in [2.75, 3.05) is 20.3 Å². The summed E-state index contributed by atoms with van der Waals surface area (Å²) in [5.41, 5.74) is 8.11. The van der Waals surface area contributed by atoms with E-state index in [0.29, 0.717) is 6.29 Å². The van der Waals surface area contributed by atoms with E-state index in [1.807, 2.05) is 0 Å². The number of aldehydes is 1. The molecule has 1 aliphatic heterocycles. The first-order valence-corrected chi connectivity index (χ1v) is 4.21. The highest BCUT2D eigenvalue weighted by Gasteiger charge is 2.30. The van der Waals surface area contributed by atoms with E-state index in [2.05, 4.69) is 10.8 Å². The lowest BCUT2D eigenvalue weighted by atomic mass is 10.2. The third-order valence-electron chi connectivity index (χ3n) is 1.90. The number of hydrogen-bond donors (Lipinski definition) is 3. The minimum atomic E-state index is -0.660. The topological polar surface area (TPSA) is 96.7 Å². The van der Waals surface area contributed by atoms with E-state index in [1.54, 1.807) is 7.05 Å². The molecule has 0 aromatic carbocycles. The summed E-state index contributed by atoms with van der Waals surface area (Å²) in [6.07, 6.45) is 0.0126. The first kappa shape index (κ1) is 11.1. The fraction of sp³-hybridized carbons (Fsp3) is 0.714. The number of carbonyl (C=O) groups is 2. The van der Waals surface area contributed by atoms with Gasteiger partial charge >= 0.3 is 0 Å². The van der Waals surface area contributed by atoms with Crippen LogP contribution in [0.15, 0.2) is 0 Å². The molecule has 0 aromatic heterocycles. The summed E-state index contributed by atoms with van der Waals surface area (Å²) in [4.78, 5) is 28.0. The largest absolute Gasteiger partial charge is 0.319 e. The molecule has 4 N–H and O–H groups in total. The fourth-order valence-corrected chi connectivity index (χ4v) is 1.14. The van der Waals surface area contributed by atoms with E-state index in [1.165, 1.54) is 4.90 Å². The Kier molecular flexibility index (Phi) is 3.96. The highest BCUT2D eigenvalue weighted by molar-refractivity contribution is 5.82. The van der Waals surface area contributed by atoms with Gasteiger partial charge in [0.2, 0.25) is 5.91 Å². The molecule has 0 aromatic rings. The zero-order chi connectivity index (χ0) is 10.6. The van der Waals surface area contributed by atoms with Gasteiger partial charge < -0.3 is 15.4 Å². The van der Waals surface area contributed by atoms with Crippen molar-refractivity contribution in [1.82, 2.24) is 15.7 Å². The SMILES string of the molecule is CN1CONC(N)C(NCC=O)C1=O. The van der Waals surface area contributed by atoms with Crippen molar-refractivity contribution < 1.29 is 14.4 Å². The number of nitrogens with zero attached hydrogens (tertiary/aromatic N) is 1. The molecule has 1 saturated heterocycles. The summed E-state index contributed by atoms with van der Waals surface area (Å²) in [6, 6.07) is -0.646. The standard InChI is InChI=1S/C7H14N4O3/c1-11-4-14-10-6(8)5(7(11)13)9-2-3-12/h3,5-6,9-10H,2,4,8H2,1H3. The highest BCUT2D eigenvalue weighted by Crippen LogP contribution is 1.99. The molecule has 1 amide bonds. The van der Waals surface area contributed by atoms with Gasteiger partial charge in [-0.05, 0) is 0 Å². The lowest BCUT2D eigenvalue weighted by molar-refractivity contribution is -0.134. The van der Waals surface area contributed by atoms with E-state index < -0.39 is 12.2 Å². The van der Waals surface area contributed by atoms with Crippen molar-refractivity contribution >= 4 is 12.2 Å². The van der Waals surface area contributed by atoms with Crippen LogP contribution in [-0.2, 0) is 14.4 Å². The van der Waals surface area contributed by atoms with Crippen molar-refractivity contribution in [3.8, 4) is 0 Å². The Morgan fingerprint density at radius 3 is 3.21 bits per heavy atom. The Morgan fingerprint density at radius 1 is 1.86 bits per heavy atom. The number of hydroxylamine groups is 1. The smallest absolute Gasteiger partial charge is 0.244 e. The number of nitrogens with two attached hydrogens (primary N) is 1. The Bertz CT molecular complexity index is 223. The monoisotopic (exact) mass is 202 g/mol. The third kappa shape index (κ3) is 2.48. The van der Waals surface area contributed by atoms with Crippen LogP contribution in [0.1, 0.15) is 0 Å². The quantitative estimate of drug-likeness (QED) is 0.433. The van der Waals surface area contributed by atoms with Gasteiger partial charge in [0.05, 0.1) is 6.54 Å². The zero-order valence-corrected chi connectivity index (χ0v) is 7.90. The molecule has 0 aliphatic carbocycles. The molecule has 0 saturated carbocycles. The zero-order valence-electron chi connectivity index (χ0n) is 7.90.